The molecule has 0 aromatic heterocycles. The molecule has 188 valence electrons. The second kappa shape index (κ2) is 24.3. The van der Waals surface area contributed by atoms with Gasteiger partial charge >= 0.3 is 11.9 Å². The predicted octanol–water partition coefficient (Wildman–Crippen LogP) is 7.05. The van der Waals surface area contributed by atoms with Crippen molar-refractivity contribution >= 4 is 11.9 Å². The van der Waals surface area contributed by atoms with Gasteiger partial charge in [0, 0.05) is 12.8 Å². The first-order valence-electron chi connectivity index (χ1n) is 13.2. The van der Waals surface area contributed by atoms with Crippen LogP contribution in [0.15, 0.2) is 12.2 Å². The molecule has 0 bridgehead atoms. The van der Waals surface area contributed by atoms with Gasteiger partial charge in [0.1, 0.15) is 6.61 Å². The van der Waals surface area contributed by atoms with Crippen molar-refractivity contribution in [2.45, 2.75) is 136 Å². The van der Waals surface area contributed by atoms with Crippen LogP contribution in [0.3, 0.4) is 0 Å². The van der Waals surface area contributed by atoms with Crippen LogP contribution >= 0.6 is 0 Å². The van der Waals surface area contributed by atoms with Crippen LogP contribution in [0.25, 0.3) is 0 Å². The number of hydrogen-bond acceptors (Lipinski definition) is 5. The van der Waals surface area contributed by atoms with E-state index < -0.39 is 6.10 Å². The maximum Gasteiger partial charge on any atom is 0.306 e. The molecule has 0 aliphatic rings. The van der Waals surface area contributed by atoms with Crippen molar-refractivity contribution < 1.29 is 24.2 Å². The van der Waals surface area contributed by atoms with Crippen LogP contribution in [0.4, 0.5) is 0 Å². The SMILES string of the molecule is CCCCCC/C=C\CCCCCCCC(=O)OC(CO)COC(=O)CCCCCCC. The Kier molecular flexibility index (Phi) is 23.3. The number of ether oxygens (including phenoxy) is 2. The largest absolute Gasteiger partial charge is 0.462 e. The maximum atomic E-state index is 11.9. The summed E-state index contributed by atoms with van der Waals surface area (Å²) < 4.78 is 10.4. The molecule has 0 saturated heterocycles. The van der Waals surface area contributed by atoms with Gasteiger partial charge in [0.2, 0.25) is 0 Å². The van der Waals surface area contributed by atoms with Crippen LogP contribution in [0.2, 0.25) is 0 Å². The Morgan fingerprint density at radius 1 is 0.688 bits per heavy atom. The molecule has 1 N–H and O–H groups in total. The van der Waals surface area contributed by atoms with E-state index >= 15 is 0 Å². The van der Waals surface area contributed by atoms with E-state index in [0.29, 0.717) is 12.8 Å². The van der Waals surface area contributed by atoms with Gasteiger partial charge in [-0.05, 0) is 38.5 Å². The molecule has 0 saturated carbocycles. The number of aliphatic hydroxyl groups is 1. The number of aliphatic hydroxyl groups excluding tert-OH is 1. The normalized spacial score (nSPS) is 12.2. The van der Waals surface area contributed by atoms with Gasteiger partial charge in [0.15, 0.2) is 6.10 Å². The summed E-state index contributed by atoms with van der Waals surface area (Å²) >= 11 is 0. The molecular weight excluding hydrogens is 404 g/mol. The third-order valence-electron chi connectivity index (χ3n) is 5.56. The van der Waals surface area contributed by atoms with Crippen LogP contribution in [0.5, 0.6) is 0 Å². The quantitative estimate of drug-likeness (QED) is 0.102. The lowest BCUT2D eigenvalue weighted by molar-refractivity contribution is -0.161. The second-order valence-electron chi connectivity index (χ2n) is 8.77. The lowest BCUT2D eigenvalue weighted by Gasteiger charge is -2.15. The first kappa shape index (κ1) is 30.6. The van der Waals surface area contributed by atoms with Gasteiger partial charge in [0.25, 0.3) is 0 Å². The number of carbonyl (C=O) groups excluding carboxylic acids is 2. The number of carbonyl (C=O) groups is 2. The zero-order valence-electron chi connectivity index (χ0n) is 21.0. The Morgan fingerprint density at radius 2 is 1.16 bits per heavy atom. The molecule has 0 fully saturated rings. The fourth-order valence-electron chi connectivity index (χ4n) is 3.49. The van der Waals surface area contributed by atoms with Crippen LogP contribution in [0, 0.1) is 0 Å². The predicted molar refractivity (Wildman–Crippen MR) is 132 cm³/mol. The summed E-state index contributed by atoms with van der Waals surface area (Å²) in [6.07, 6.45) is 22.8. The van der Waals surface area contributed by atoms with E-state index in [-0.39, 0.29) is 25.2 Å². The number of hydrogen-bond donors (Lipinski definition) is 1. The Bertz CT molecular complexity index is 461. The number of esters is 2. The molecule has 0 radical (unpaired) electrons. The topological polar surface area (TPSA) is 72.8 Å². The first-order chi connectivity index (χ1) is 15.6. The van der Waals surface area contributed by atoms with Gasteiger partial charge in [0.05, 0.1) is 6.61 Å². The van der Waals surface area contributed by atoms with Crippen LogP contribution in [-0.4, -0.2) is 36.4 Å². The third kappa shape index (κ3) is 21.9. The Balaban J connectivity index is 3.61. The highest BCUT2D eigenvalue weighted by atomic mass is 16.6. The van der Waals surface area contributed by atoms with Crippen molar-refractivity contribution in [3.05, 3.63) is 12.2 Å². The molecule has 1 atom stereocenters. The van der Waals surface area contributed by atoms with Gasteiger partial charge in [-0.15, -0.1) is 0 Å². The summed E-state index contributed by atoms with van der Waals surface area (Å²) in [7, 11) is 0. The maximum absolute atomic E-state index is 11.9. The molecule has 5 nitrogen and oxygen atoms in total. The summed E-state index contributed by atoms with van der Waals surface area (Å²) in [5.74, 6) is -0.618. The van der Waals surface area contributed by atoms with Gasteiger partial charge in [-0.2, -0.15) is 0 Å². The lowest BCUT2D eigenvalue weighted by atomic mass is 10.1. The third-order valence-corrected chi connectivity index (χ3v) is 5.56. The molecule has 5 heteroatoms. The minimum absolute atomic E-state index is 0.0673. The van der Waals surface area contributed by atoms with E-state index in [1.165, 1.54) is 57.8 Å². The van der Waals surface area contributed by atoms with Gasteiger partial charge in [-0.1, -0.05) is 90.2 Å². The van der Waals surface area contributed by atoms with Crippen molar-refractivity contribution in [3.63, 3.8) is 0 Å². The van der Waals surface area contributed by atoms with E-state index in [2.05, 4.69) is 26.0 Å². The average molecular weight is 455 g/mol. The van der Waals surface area contributed by atoms with E-state index in [4.69, 9.17) is 9.47 Å². The number of allylic oxidation sites excluding steroid dienone is 2. The minimum Gasteiger partial charge on any atom is -0.462 e. The van der Waals surface area contributed by atoms with Crippen LogP contribution in [-0.2, 0) is 19.1 Å². The first-order valence-corrected chi connectivity index (χ1v) is 13.2. The highest BCUT2D eigenvalue weighted by molar-refractivity contribution is 5.70. The smallest absolute Gasteiger partial charge is 0.306 e. The molecule has 0 spiro atoms. The molecule has 0 aliphatic heterocycles. The molecule has 0 heterocycles. The van der Waals surface area contributed by atoms with Crippen molar-refractivity contribution in [1.29, 1.82) is 0 Å². The standard InChI is InChI=1S/C27H50O5/c1-3-5-7-9-10-11-12-13-14-15-16-18-20-22-27(30)32-25(23-28)24-31-26(29)21-19-17-8-6-4-2/h11-12,25,28H,3-10,13-24H2,1-2H3/b12-11-. The summed E-state index contributed by atoms with van der Waals surface area (Å²) in [6.45, 7) is 3.99. The monoisotopic (exact) mass is 454 g/mol. The van der Waals surface area contributed by atoms with Gasteiger partial charge < -0.3 is 14.6 Å². The molecule has 0 rings (SSSR count). The molecule has 32 heavy (non-hydrogen) atoms. The van der Waals surface area contributed by atoms with Crippen molar-refractivity contribution in [2.75, 3.05) is 13.2 Å². The van der Waals surface area contributed by atoms with Crippen molar-refractivity contribution in [1.82, 2.24) is 0 Å². The molecule has 0 aromatic carbocycles. The summed E-state index contributed by atoms with van der Waals surface area (Å²) in [5, 5.41) is 9.37. The van der Waals surface area contributed by atoms with Crippen molar-refractivity contribution in [2.24, 2.45) is 0 Å². The van der Waals surface area contributed by atoms with E-state index in [9.17, 15) is 14.7 Å². The highest BCUT2D eigenvalue weighted by Gasteiger charge is 2.16. The average Bonchev–Trinajstić information content (AvgIpc) is 2.79. The highest BCUT2D eigenvalue weighted by Crippen LogP contribution is 2.10. The van der Waals surface area contributed by atoms with E-state index in [0.717, 1.165) is 44.9 Å². The van der Waals surface area contributed by atoms with Crippen LogP contribution < -0.4 is 0 Å². The minimum atomic E-state index is -0.764. The van der Waals surface area contributed by atoms with Crippen LogP contribution in [0.1, 0.15) is 129 Å². The molecule has 0 aliphatic carbocycles. The number of unbranched alkanes of at least 4 members (excludes halogenated alkanes) is 13. The Morgan fingerprint density at radius 3 is 1.72 bits per heavy atom. The molecule has 0 aromatic rings. The molecular formula is C27H50O5. The van der Waals surface area contributed by atoms with Crippen molar-refractivity contribution in [3.8, 4) is 0 Å². The fourth-order valence-corrected chi connectivity index (χ4v) is 3.49. The van der Waals surface area contributed by atoms with Gasteiger partial charge in [-0.25, -0.2) is 0 Å². The summed E-state index contributed by atoms with van der Waals surface area (Å²) in [6, 6.07) is 0. The Hall–Kier alpha value is -1.36. The zero-order valence-corrected chi connectivity index (χ0v) is 21.0. The number of rotatable bonds is 23. The van der Waals surface area contributed by atoms with E-state index in [1.54, 1.807) is 0 Å². The summed E-state index contributed by atoms with van der Waals surface area (Å²) in [4.78, 5) is 23.7. The van der Waals surface area contributed by atoms with Gasteiger partial charge in [-0.3, -0.25) is 9.59 Å². The fraction of sp³-hybridized carbons (Fsp3) is 0.852. The molecule has 0 amide bonds. The molecule has 1 unspecified atom stereocenters. The zero-order chi connectivity index (χ0) is 23.7. The Labute approximate surface area is 197 Å². The summed E-state index contributed by atoms with van der Waals surface area (Å²) in [5.41, 5.74) is 0. The second-order valence-corrected chi connectivity index (χ2v) is 8.77. The lowest BCUT2D eigenvalue weighted by Crippen LogP contribution is -2.28. The van der Waals surface area contributed by atoms with E-state index in [1.807, 2.05) is 0 Å².